The summed E-state index contributed by atoms with van der Waals surface area (Å²) < 4.78 is 26.8. The lowest BCUT2D eigenvalue weighted by molar-refractivity contribution is 0.269. The predicted molar refractivity (Wildman–Crippen MR) is 77.4 cm³/mol. The van der Waals surface area contributed by atoms with Crippen molar-refractivity contribution in [3.8, 4) is 0 Å². The Hall–Kier alpha value is -1.07. The maximum atomic E-state index is 12.6. The van der Waals surface area contributed by atoms with Crippen molar-refractivity contribution in [3.63, 3.8) is 0 Å². The van der Waals surface area contributed by atoms with Gasteiger partial charge in [0.2, 0.25) is 10.0 Å². The molecule has 0 spiro atoms. The highest BCUT2D eigenvalue weighted by molar-refractivity contribution is 7.89. The molecule has 1 saturated heterocycles. The lowest BCUT2D eigenvalue weighted by atomic mass is 9.96. The molecular weight excluding hydrogens is 260 g/mol. The second-order valence-corrected chi connectivity index (χ2v) is 7.19. The van der Waals surface area contributed by atoms with E-state index < -0.39 is 10.0 Å². The minimum Gasteiger partial charge on any atom is -0.399 e. The molecule has 4 nitrogen and oxygen atoms in total. The smallest absolute Gasteiger partial charge is 0.243 e. The van der Waals surface area contributed by atoms with E-state index in [0.29, 0.717) is 29.6 Å². The molecule has 106 valence electrons. The number of rotatable bonds is 3. The van der Waals surface area contributed by atoms with Crippen LogP contribution in [0.2, 0.25) is 0 Å². The maximum Gasteiger partial charge on any atom is 0.243 e. The van der Waals surface area contributed by atoms with Crippen LogP contribution >= 0.6 is 0 Å². The molecule has 1 heterocycles. The number of benzene rings is 1. The van der Waals surface area contributed by atoms with E-state index in [0.717, 1.165) is 24.8 Å². The molecule has 0 aliphatic carbocycles. The van der Waals surface area contributed by atoms with Crippen molar-refractivity contribution >= 4 is 15.7 Å². The Morgan fingerprint density at radius 3 is 2.53 bits per heavy atom. The highest BCUT2D eigenvalue weighted by Gasteiger charge is 2.29. The number of piperidine rings is 1. The minimum atomic E-state index is -3.39. The average Bonchev–Trinajstić information content (AvgIpc) is 2.41. The van der Waals surface area contributed by atoms with E-state index in [-0.39, 0.29) is 0 Å². The Bertz CT molecular complexity index is 547. The molecule has 2 N–H and O–H groups in total. The van der Waals surface area contributed by atoms with E-state index in [1.54, 1.807) is 22.5 Å². The molecule has 0 atom stereocenters. The van der Waals surface area contributed by atoms with Crippen molar-refractivity contribution < 1.29 is 8.42 Å². The van der Waals surface area contributed by atoms with Crippen LogP contribution in [0.4, 0.5) is 5.69 Å². The van der Waals surface area contributed by atoms with Crippen molar-refractivity contribution in [1.29, 1.82) is 0 Å². The molecule has 0 bridgehead atoms. The number of hydrogen-bond acceptors (Lipinski definition) is 3. The Morgan fingerprint density at radius 2 is 1.95 bits per heavy atom. The lowest BCUT2D eigenvalue weighted by Crippen LogP contribution is -2.38. The third-order valence-electron chi connectivity index (χ3n) is 3.98. The monoisotopic (exact) mass is 282 g/mol. The maximum absolute atomic E-state index is 12.6. The van der Waals surface area contributed by atoms with Gasteiger partial charge in [-0.3, -0.25) is 0 Å². The molecule has 1 aliphatic rings. The number of anilines is 1. The Morgan fingerprint density at radius 1 is 1.32 bits per heavy atom. The fourth-order valence-electron chi connectivity index (χ4n) is 2.59. The Balaban J connectivity index is 2.26. The van der Waals surface area contributed by atoms with Gasteiger partial charge in [0.1, 0.15) is 0 Å². The van der Waals surface area contributed by atoms with Crippen LogP contribution in [0.1, 0.15) is 31.7 Å². The largest absolute Gasteiger partial charge is 0.399 e. The molecule has 1 fully saturated rings. The van der Waals surface area contributed by atoms with E-state index in [1.807, 2.05) is 6.92 Å². The molecule has 2 rings (SSSR count). The molecule has 0 saturated carbocycles. The van der Waals surface area contributed by atoms with Gasteiger partial charge in [-0.05, 0) is 43.4 Å². The van der Waals surface area contributed by atoms with Crippen molar-refractivity contribution in [2.45, 2.75) is 38.0 Å². The number of nitrogens with zero attached hydrogens (tertiary/aromatic N) is 1. The average molecular weight is 282 g/mol. The summed E-state index contributed by atoms with van der Waals surface area (Å²) in [4.78, 5) is 0.349. The van der Waals surface area contributed by atoms with Crippen LogP contribution in [0.25, 0.3) is 0 Å². The van der Waals surface area contributed by atoms with Crippen LogP contribution < -0.4 is 5.73 Å². The summed E-state index contributed by atoms with van der Waals surface area (Å²) in [5.74, 6) is 0.661. The molecule has 0 unspecified atom stereocenters. The Kier molecular flexibility index (Phi) is 4.16. The number of sulfonamides is 1. The van der Waals surface area contributed by atoms with Crippen LogP contribution in [0.3, 0.4) is 0 Å². The van der Waals surface area contributed by atoms with Gasteiger partial charge in [0.05, 0.1) is 4.90 Å². The lowest BCUT2D eigenvalue weighted by Gasteiger charge is -2.31. The number of nitrogen functional groups attached to an aromatic ring is 1. The van der Waals surface area contributed by atoms with E-state index >= 15 is 0 Å². The first-order valence-corrected chi connectivity index (χ1v) is 8.25. The molecule has 0 aromatic heterocycles. The minimum absolute atomic E-state index is 0.349. The van der Waals surface area contributed by atoms with Gasteiger partial charge in [0, 0.05) is 18.8 Å². The first-order chi connectivity index (χ1) is 8.95. The fourth-order valence-corrected chi connectivity index (χ4v) is 4.32. The molecule has 1 aliphatic heterocycles. The summed E-state index contributed by atoms with van der Waals surface area (Å²) in [6, 6.07) is 5.06. The number of nitrogens with two attached hydrogens (primary N) is 1. The molecule has 5 heteroatoms. The van der Waals surface area contributed by atoms with Gasteiger partial charge in [0.15, 0.2) is 0 Å². The Labute approximate surface area is 115 Å². The molecule has 19 heavy (non-hydrogen) atoms. The van der Waals surface area contributed by atoms with Crippen LogP contribution in [-0.4, -0.2) is 25.8 Å². The summed E-state index contributed by atoms with van der Waals surface area (Å²) >= 11 is 0. The number of hydrogen-bond donors (Lipinski definition) is 1. The van der Waals surface area contributed by atoms with Crippen molar-refractivity contribution in [3.05, 3.63) is 23.8 Å². The standard InChI is InChI=1S/C14H22N2O2S/c1-3-12-6-8-16(9-7-12)19(17,18)14-10-13(15)5-4-11(14)2/h4-5,10,12H,3,6-9,15H2,1-2H3. The van der Waals surface area contributed by atoms with Gasteiger partial charge >= 0.3 is 0 Å². The molecule has 1 aromatic rings. The second-order valence-electron chi connectivity index (χ2n) is 5.28. The molecule has 1 aromatic carbocycles. The zero-order chi connectivity index (χ0) is 14.0. The van der Waals surface area contributed by atoms with E-state index in [1.165, 1.54) is 0 Å². The molecule has 0 amide bonds. The molecule has 0 radical (unpaired) electrons. The van der Waals surface area contributed by atoms with E-state index in [4.69, 9.17) is 5.73 Å². The van der Waals surface area contributed by atoms with Crippen molar-refractivity contribution in [1.82, 2.24) is 4.31 Å². The first kappa shape index (κ1) is 14.3. The van der Waals surface area contributed by atoms with Gasteiger partial charge < -0.3 is 5.73 Å². The quantitative estimate of drug-likeness (QED) is 0.866. The zero-order valence-electron chi connectivity index (χ0n) is 11.6. The van der Waals surface area contributed by atoms with Gasteiger partial charge in [-0.1, -0.05) is 19.4 Å². The summed E-state index contributed by atoms with van der Waals surface area (Å²) in [5.41, 5.74) is 6.96. The normalized spacial score (nSPS) is 18.6. The van der Waals surface area contributed by atoms with Crippen molar-refractivity contribution in [2.75, 3.05) is 18.8 Å². The van der Waals surface area contributed by atoms with Gasteiger partial charge in [-0.25, -0.2) is 8.42 Å². The topological polar surface area (TPSA) is 63.4 Å². The molecular formula is C14H22N2O2S. The van der Waals surface area contributed by atoms with Crippen LogP contribution in [0, 0.1) is 12.8 Å². The van der Waals surface area contributed by atoms with Gasteiger partial charge in [-0.2, -0.15) is 4.31 Å². The van der Waals surface area contributed by atoms with E-state index in [2.05, 4.69) is 6.92 Å². The summed E-state index contributed by atoms with van der Waals surface area (Å²) in [7, 11) is -3.39. The summed E-state index contributed by atoms with van der Waals surface area (Å²) in [6.07, 6.45) is 3.04. The highest BCUT2D eigenvalue weighted by Crippen LogP contribution is 2.27. The zero-order valence-corrected chi connectivity index (χ0v) is 12.4. The third kappa shape index (κ3) is 2.92. The highest BCUT2D eigenvalue weighted by atomic mass is 32.2. The SMILES string of the molecule is CCC1CCN(S(=O)(=O)c2cc(N)ccc2C)CC1. The van der Waals surface area contributed by atoms with E-state index in [9.17, 15) is 8.42 Å². The summed E-state index contributed by atoms with van der Waals surface area (Å²) in [6.45, 7) is 5.21. The summed E-state index contributed by atoms with van der Waals surface area (Å²) in [5, 5.41) is 0. The van der Waals surface area contributed by atoms with Gasteiger partial charge in [0.25, 0.3) is 0 Å². The van der Waals surface area contributed by atoms with Gasteiger partial charge in [-0.15, -0.1) is 0 Å². The van der Waals surface area contributed by atoms with Crippen LogP contribution in [-0.2, 0) is 10.0 Å². The third-order valence-corrected chi connectivity index (χ3v) is 6.02. The second kappa shape index (κ2) is 5.51. The van der Waals surface area contributed by atoms with Crippen LogP contribution in [0.15, 0.2) is 23.1 Å². The fraction of sp³-hybridized carbons (Fsp3) is 0.571. The van der Waals surface area contributed by atoms with Crippen LogP contribution in [0.5, 0.6) is 0 Å². The number of aryl methyl sites for hydroxylation is 1. The predicted octanol–water partition coefficient (Wildman–Crippen LogP) is 2.39. The first-order valence-electron chi connectivity index (χ1n) is 6.81. The van der Waals surface area contributed by atoms with Crippen molar-refractivity contribution in [2.24, 2.45) is 5.92 Å².